The molecule has 0 bridgehead atoms. The van der Waals surface area contributed by atoms with Crippen LogP contribution in [0.5, 0.6) is 0 Å². The molecule has 5 aromatic rings. The van der Waals surface area contributed by atoms with Crippen LogP contribution in [0.3, 0.4) is 0 Å². The second-order valence-electron chi connectivity index (χ2n) is 8.89. The predicted molar refractivity (Wildman–Crippen MR) is 148 cm³/mol. The van der Waals surface area contributed by atoms with Gasteiger partial charge in [0.15, 0.2) is 0 Å². The number of benzene rings is 3. The Morgan fingerprint density at radius 1 is 1.00 bits per heavy atom. The van der Waals surface area contributed by atoms with E-state index in [-0.39, 0.29) is 5.56 Å². The Balaban J connectivity index is 1.65. The summed E-state index contributed by atoms with van der Waals surface area (Å²) in [6.45, 7) is 7.08. The largest absolute Gasteiger partial charge is 0.340 e. The van der Waals surface area contributed by atoms with Crippen molar-refractivity contribution in [3.05, 3.63) is 110 Å². The van der Waals surface area contributed by atoms with Crippen LogP contribution in [-0.4, -0.2) is 20.4 Å². The van der Waals surface area contributed by atoms with Gasteiger partial charge >= 0.3 is 0 Å². The van der Waals surface area contributed by atoms with Gasteiger partial charge in [-0.2, -0.15) is 9.78 Å². The minimum atomic E-state index is -0.155. The molecule has 0 aliphatic heterocycles. The molecule has 0 saturated carbocycles. The molecule has 0 radical (unpaired) electrons. The van der Waals surface area contributed by atoms with Crippen LogP contribution in [0.4, 0.5) is 0 Å². The summed E-state index contributed by atoms with van der Waals surface area (Å²) >= 11 is 3.47. The number of aryl methyl sites for hydroxylation is 2. The van der Waals surface area contributed by atoms with Crippen LogP contribution in [0, 0.1) is 13.8 Å². The van der Waals surface area contributed by atoms with Gasteiger partial charge < -0.3 is 4.57 Å². The van der Waals surface area contributed by atoms with Crippen LogP contribution in [0.1, 0.15) is 41.6 Å². The molecule has 0 atom stereocenters. The van der Waals surface area contributed by atoms with Gasteiger partial charge in [-0.15, -0.1) is 0 Å². The lowest BCUT2D eigenvalue weighted by Crippen LogP contribution is -2.22. The Kier molecular flexibility index (Phi) is 6.39. The standard InChI is InChI=1S/C29H27BrN4O/c1-4-8-28-32-26-14-13-22(30)16-24(26)29(35)34(28)31-17-25-20(3)33(27-12-6-5-11-23(25)27)18-21-10-7-9-19(2)15-21/h5-7,9-17H,4,8,18H2,1-3H3. The van der Waals surface area contributed by atoms with Crippen LogP contribution < -0.4 is 5.56 Å². The summed E-state index contributed by atoms with van der Waals surface area (Å²) in [6.07, 6.45) is 3.36. The van der Waals surface area contributed by atoms with Gasteiger partial charge in [0.05, 0.1) is 17.1 Å². The Hall–Kier alpha value is -3.51. The highest BCUT2D eigenvalue weighted by Gasteiger charge is 2.14. The third-order valence-electron chi connectivity index (χ3n) is 6.35. The van der Waals surface area contributed by atoms with E-state index in [0.717, 1.165) is 39.6 Å². The number of hydrogen-bond donors (Lipinski definition) is 0. The van der Waals surface area contributed by atoms with Crippen molar-refractivity contribution in [1.82, 2.24) is 14.2 Å². The number of rotatable bonds is 6. The highest BCUT2D eigenvalue weighted by atomic mass is 79.9. The molecular weight excluding hydrogens is 500 g/mol. The van der Waals surface area contributed by atoms with Gasteiger partial charge in [-0.3, -0.25) is 4.79 Å². The molecule has 176 valence electrons. The first-order valence-corrected chi connectivity index (χ1v) is 12.6. The SMILES string of the molecule is CCCc1nc2ccc(Br)cc2c(=O)n1N=Cc1c(C)n(Cc2cccc(C)c2)c2ccccc12. The van der Waals surface area contributed by atoms with Crippen molar-refractivity contribution in [3.63, 3.8) is 0 Å². The van der Waals surface area contributed by atoms with E-state index in [1.165, 1.54) is 15.8 Å². The highest BCUT2D eigenvalue weighted by Crippen LogP contribution is 2.26. The van der Waals surface area contributed by atoms with E-state index in [9.17, 15) is 4.79 Å². The summed E-state index contributed by atoms with van der Waals surface area (Å²) in [4.78, 5) is 18.2. The normalized spacial score (nSPS) is 11.8. The summed E-state index contributed by atoms with van der Waals surface area (Å²) in [7, 11) is 0. The Morgan fingerprint density at radius 2 is 1.83 bits per heavy atom. The van der Waals surface area contributed by atoms with Gasteiger partial charge in [-0.05, 0) is 50.1 Å². The first-order chi connectivity index (χ1) is 17.0. The first kappa shape index (κ1) is 23.2. The monoisotopic (exact) mass is 526 g/mol. The van der Waals surface area contributed by atoms with E-state index < -0.39 is 0 Å². The molecule has 35 heavy (non-hydrogen) atoms. The van der Waals surface area contributed by atoms with E-state index in [0.29, 0.717) is 23.1 Å². The lowest BCUT2D eigenvalue weighted by molar-refractivity contribution is 0.703. The third-order valence-corrected chi connectivity index (χ3v) is 6.85. The molecule has 2 aromatic heterocycles. The van der Waals surface area contributed by atoms with Crippen molar-refractivity contribution in [2.24, 2.45) is 5.10 Å². The lowest BCUT2D eigenvalue weighted by atomic mass is 10.1. The topological polar surface area (TPSA) is 52.2 Å². The van der Waals surface area contributed by atoms with E-state index in [2.05, 4.69) is 83.7 Å². The third kappa shape index (κ3) is 4.46. The number of para-hydroxylation sites is 1. The first-order valence-electron chi connectivity index (χ1n) is 11.8. The van der Waals surface area contributed by atoms with Crippen molar-refractivity contribution in [2.75, 3.05) is 0 Å². The molecule has 0 spiro atoms. The highest BCUT2D eigenvalue weighted by molar-refractivity contribution is 9.10. The number of halogens is 1. The Morgan fingerprint density at radius 3 is 2.63 bits per heavy atom. The number of aromatic nitrogens is 3. The fraction of sp³-hybridized carbons (Fsp3) is 0.207. The average molecular weight is 527 g/mol. The molecule has 5 nitrogen and oxygen atoms in total. The molecule has 5 rings (SSSR count). The van der Waals surface area contributed by atoms with Gasteiger partial charge in [0, 0.05) is 39.6 Å². The second kappa shape index (κ2) is 9.62. The number of hydrogen-bond acceptors (Lipinski definition) is 3. The molecule has 0 N–H and O–H groups in total. The van der Waals surface area contributed by atoms with Gasteiger partial charge in [-0.25, -0.2) is 4.98 Å². The maximum atomic E-state index is 13.4. The zero-order chi connectivity index (χ0) is 24.5. The average Bonchev–Trinajstić information content (AvgIpc) is 3.10. The maximum absolute atomic E-state index is 13.4. The van der Waals surface area contributed by atoms with Gasteiger partial charge in [-0.1, -0.05) is 70.9 Å². The molecule has 0 fully saturated rings. The van der Waals surface area contributed by atoms with Crippen molar-refractivity contribution in [2.45, 2.75) is 40.2 Å². The maximum Gasteiger partial charge on any atom is 0.282 e. The Labute approximate surface area is 212 Å². The van der Waals surface area contributed by atoms with Crippen molar-refractivity contribution < 1.29 is 0 Å². The second-order valence-corrected chi connectivity index (χ2v) is 9.81. The summed E-state index contributed by atoms with van der Waals surface area (Å²) in [6, 6.07) is 22.5. The van der Waals surface area contributed by atoms with Crippen molar-refractivity contribution in [3.8, 4) is 0 Å². The number of fused-ring (bicyclic) bond motifs is 2. The minimum absolute atomic E-state index is 0.155. The van der Waals surface area contributed by atoms with Gasteiger partial charge in [0.1, 0.15) is 5.82 Å². The summed E-state index contributed by atoms with van der Waals surface area (Å²) in [5.74, 6) is 0.671. The van der Waals surface area contributed by atoms with Crippen LogP contribution in [0.15, 0.2) is 81.1 Å². The molecular formula is C29H27BrN4O. The van der Waals surface area contributed by atoms with Crippen molar-refractivity contribution in [1.29, 1.82) is 0 Å². The number of nitrogens with zero attached hydrogens (tertiary/aromatic N) is 4. The van der Waals surface area contributed by atoms with E-state index in [1.54, 1.807) is 0 Å². The van der Waals surface area contributed by atoms with E-state index in [4.69, 9.17) is 10.1 Å². The summed E-state index contributed by atoms with van der Waals surface area (Å²) < 4.78 is 4.62. The van der Waals surface area contributed by atoms with Crippen LogP contribution in [-0.2, 0) is 13.0 Å². The molecule has 0 amide bonds. The van der Waals surface area contributed by atoms with E-state index in [1.807, 2.05) is 30.5 Å². The quantitative estimate of drug-likeness (QED) is 0.233. The Bertz CT molecular complexity index is 1640. The minimum Gasteiger partial charge on any atom is -0.340 e. The molecule has 0 aliphatic rings. The fourth-order valence-corrected chi connectivity index (χ4v) is 4.99. The zero-order valence-corrected chi connectivity index (χ0v) is 21.7. The predicted octanol–water partition coefficient (Wildman–Crippen LogP) is 6.61. The lowest BCUT2D eigenvalue weighted by Gasteiger charge is -2.10. The van der Waals surface area contributed by atoms with Gasteiger partial charge in [0.25, 0.3) is 5.56 Å². The molecule has 3 aromatic carbocycles. The van der Waals surface area contributed by atoms with Gasteiger partial charge in [0.2, 0.25) is 0 Å². The van der Waals surface area contributed by atoms with Crippen LogP contribution in [0.25, 0.3) is 21.8 Å². The summed E-state index contributed by atoms with van der Waals surface area (Å²) in [5, 5.41) is 6.37. The molecule has 0 saturated heterocycles. The molecule has 6 heteroatoms. The molecule has 2 heterocycles. The smallest absolute Gasteiger partial charge is 0.282 e. The van der Waals surface area contributed by atoms with Crippen LogP contribution >= 0.6 is 15.9 Å². The van der Waals surface area contributed by atoms with E-state index >= 15 is 0 Å². The zero-order valence-electron chi connectivity index (χ0n) is 20.1. The molecule has 0 aliphatic carbocycles. The molecule has 0 unspecified atom stereocenters. The van der Waals surface area contributed by atoms with Crippen LogP contribution in [0.2, 0.25) is 0 Å². The summed E-state index contributed by atoms with van der Waals surface area (Å²) in [5.41, 5.74) is 6.31. The fourth-order valence-electron chi connectivity index (χ4n) is 4.63. The van der Waals surface area contributed by atoms with Crippen molar-refractivity contribution >= 4 is 44.0 Å².